The molecule has 1 aromatic heterocycles. The Morgan fingerprint density at radius 1 is 1.08 bits per heavy atom. The summed E-state index contributed by atoms with van der Waals surface area (Å²) in [6.45, 7) is 3.50. The summed E-state index contributed by atoms with van der Waals surface area (Å²) in [6.07, 6.45) is 0.0471. The standard InChI is InChI=1S/C18H19NO4S/c1-12-5-3-6-14(13(12)2)19-17(21)11-23-18(22)9-8-15(20)16-7-4-10-24-16/h3-7,10H,8-9,11H2,1-2H3,(H,19,21). The third-order valence-electron chi connectivity index (χ3n) is 3.60. The zero-order valence-corrected chi connectivity index (χ0v) is 14.4. The van der Waals surface area contributed by atoms with Gasteiger partial charge in [0.2, 0.25) is 0 Å². The van der Waals surface area contributed by atoms with Crippen molar-refractivity contribution in [3.05, 3.63) is 51.7 Å². The van der Waals surface area contributed by atoms with Gasteiger partial charge < -0.3 is 10.1 Å². The molecular formula is C18H19NO4S. The van der Waals surface area contributed by atoms with Crippen molar-refractivity contribution in [2.75, 3.05) is 11.9 Å². The topological polar surface area (TPSA) is 72.5 Å². The SMILES string of the molecule is Cc1cccc(NC(=O)COC(=O)CCC(=O)c2cccs2)c1C. The quantitative estimate of drug-likeness (QED) is 0.616. The number of nitrogens with one attached hydrogen (secondary N) is 1. The lowest BCUT2D eigenvalue weighted by Gasteiger charge is -2.10. The minimum absolute atomic E-state index is 0.0342. The summed E-state index contributed by atoms with van der Waals surface area (Å²) in [5, 5.41) is 4.52. The fourth-order valence-electron chi connectivity index (χ4n) is 2.07. The summed E-state index contributed by atoms with van der Waals surface area (Å²) in [5.74, 6) is -1.06. The summed E-state index contributed by atoms with van der Waals surface area (Å²) < 4.78 is 4.91. The van der Waals surface area contributed by atoms with Gasteiger partial charge in [-0.3, -0.25) is 14.4 Å². The summed E-state index contributed by atoms with van der Waals surface area (Å²) in [4.78, 5) is 35.9. The Kier molecular flexibility index (Phi) is 6.26. The van der Waals surface area contributed by atoms with Gasteiger partial charge in [-0.15, -0.1) is 11.3 Å². The lowest BCUT2D eigenvalue weighted by molar-refractivity contribution is -0.147. The molecule has 0 aliphatic heterocycles. The van der Waals surface area contributed by atoms with Gasteiger partial charge in [0.1, 0.15) is 0 Å². The second-order valence-electron chi connectivity index (χ2n) is 5.36. The number of carbonyl (C=O) groups is 3. The minimum Gasteiger partial charge on any atom is -0.456 e. The summed E-state index contributed by atoms with van der Waals surface area (Å²) in [7, 11) is 0. The molecule has 6 heteroatoms. The van der Waals surface area contributed by atoms with Crippen LogP contribution < -0.4 is 5.32 Å². The molecule has 0 aliphatic carbocycles. The van der Waals surface area contributed by atoms with Gasteiger partial charge in [0.25, 0.3) is 5.91 Å². The van der Waals surface area contributed by atoms with Crippen LogP contribution in [0.4, 0.5) is 5.69 Å². The summed E-state index contributed by atoms with van der Waals surface area (Å²) in [6, 6.07) is 9.10. The molecule has 1 N–H and O–H groups in total. The molecule has 2 aromatic rings. The van der Waals surface area contributed by atoms with E-state index in [0.717, 1.165) is 11.1 Å². The molecule has 24 heavy (non-hydrogen) atoms. The molecular weight excluding hydrogens is 326 g/mol. The number of ketones is 1. The van der Waals surface area contributed by atoms with E-state index < -0.39 is 11.9 Å². The van der Waals surface area contributed by atoms with Crippen LogP contribution >= 0.6 is 11.3 Å². The molecule has 0 spiro atoms. The minimum atomic E-state index is -0.559. The molecule has 1 amide bonds. The van der Waals surface area contributed by atoms with E-state index in [0.29, 0.717) is 10.6 Å². The number of amides is 1. The first kappa shape index (κ1) is 17.9. The zero-order chi connectivity index (χ0) is 17.5. The van der Waals surface area contributed by atoms with Crippen LogP contribution in [0.2, 0.25) is 0 Å². The number of hydrogen-bond acceptors (Lipinski definition) is 5. The van der Waals surface area contributed by atoms with E-state index in [1.807, 2.05) is 31.4 Å². The van der Waals surface area contributed by atoms with Crippen molar-refractivity contribution < 1.29 is 19.1 Å². The average Bonchev–Trinajstić information content (AvgIpc) is 3.09. The monoisotopic (exact) mass is 345 g/mol. The number of esters is 1. The first-order chi connectivity index (χ1) is 11.5. The van der Waals surface area contributed by atoms with E-state index in [4.69, 9.17) is 4.74 Å². The molecule has 0 radical (unpaired) electrons. The Labute approximate surface area is 144 Å². The maximum atomic E-state index is 11.9. The van der Waals surface area contributed by atoms with Gasteiger partial charge in [-0.1, -0.05) is 18.2 Å². The van der Waals surface area contributed by atoms with Crippen molar-refractivity contribution in [2.45, 2.75) is 26.7 Å². The van der Waals surface area contributed by atoms with E-state index >= 15 is 0 Å². The van der Waals surface area contributed by atoms with Gasteiger partial charge in [-0.25, -0.2) is 0 Å². The molecule has 0 atom stereocenters. The smallest absolute Gasteiger partial charge is 0.306 e. The third kappa shape index (κ3) is 5.03. The highest BCUT2D eigenvalue weighted by molar-refractivity contribution is 7.12. The highest BCUT2D eigenvalue weighted by atomic mass is 32.1. The molecule has 0 bridgehead atoms. The van der Waals surface area contributed by atoms with Crippen LogP contribution in [0.3, 0.4) is 0 Å². The van der Waals surface area contributed by atoms with E-state index in [1.54, 1.807) is 18.2 Å². The number of aryl methyl sites for hydroxylation is 1. The third-order valence-corrected chi connectivity index (χ3v) is 4.51. The number of carbonyl (C=O) groups excluding carboxylic acids is 3. The Morgan fingerprint density at radius 3 is 2.58 bits per heavy atom. The zero-order valence-electron chi connectivity index (χ0n) is 13.6. The molecule has 0 aliphatic rings. The fourth-order valence-corrected chi connectivity index (χ4v) is 2.76. The Morgan fingerprint density at radius 2 is 1.88 bits per heavy atom. The Hall–Kier alpha value is -2.47. The normalized spacial score (nSPS) is 10.2. The van der Waals surface area contributed by atoms with Gasteiger partial charge >= 0.3 is 5.97 Å². The fraction of sp³-hybridized carbons (Fsp3) is 0.278. The summed E-state index contributed by atoms with van der Waals surface area (Å²) in [5.41, 5.74) is 2.74. The first-order valence-electron chi connectivity index (χ1n) is 7.56. The molecule has 0 unspecified atom stereocenters. The molecule has 1 aromatic carbocycles. The highest BCUT2D eigenvalue weighted by Gasteiger charge is 2.13. The van der Waals surface area contributed by atoms with Crippen molar-refractivity contribution in [1.82, 2.24) is 0 Å². The number of hydrogen-bond donors (Lipinski definition) is 1. The van der Waals surface area contributed by atoms with Crippen LogP contribution in [0.25, 0.3) is 0 Å². The molecule has 1 heterocycles. The lowest BCUT2D eigenvalue weighted by atomic mass is 10.1. The van der Waals surface area contributed by atoms with E-state index in [2.05, 4.69) is 5.32 Å². The number of anilines is 1. The molecule has 2 rings (SSSR count). The van der Waals surface area contributed by atoms with Crippen molar-refractivity contribution >= 4 is 34.7 Å². The van der Waals surface area contributed by atoms with Crippen LogP contribution in [0, 0.1) is 13.8 Å². The van der Waals surface area contributed by atoms with Gasteiger partial charge in [-0.05, 0) is 42.5 Å². The van der Waals surface area contributed by atoms with Crippen LogP contribution in [0.1, 0.15) is 33.6 Å². The van der Waals surface area contributed by atoms with Crippen LogP contribution in [-0.4, -0.2) is 24.3 Å². The van der Waals surface area contributed by atoms with Crippen LogP contribution in [-0.2, 0) is 14.3 Å². The predicted octanol–water partition coefficient (Wildman–Crippen LogP) is 3.51. The van der Waals surface area contributed by atoms with Crippen LogP contribution in [0.5, 0.6) is 0 Å². The van der Waals surface area contributed by atoms with E-state index in [-0.39, 0.29) is 25.2 Å². The van der Waals surface area contributed by atoms with E-state index in [1.165, 1.54) is 11.3 Å². The first-order valence-corrected chi connectivity index (χ1v) is 8.43. The van der Waals surface area contributed by atoms with Gasteiger partial charge in [-0.2, -0.15) is 0 Å². The maximum Gasteiger partial charge on any atom is 0.306 e. The Balaban J connectivity index is 1.74. The van der Waals surface area contributed by atoms with Crippen LogP contribution in [0.15, 0.2) is 35.7 Å². The average molecular weight is 345 g/mol. The largest absolute Gasteiger partial charge is 0.456 e. The summed E-state index contributed by atoms with van der Waals surface area (Å²) >= 11 is 1.34. The van der Waals surface area contributed by atoms with Crippen molar-refractivity contribution in [1.29, 1.82) is 0 Å². The maximum absolute atomic E-state index is 11.9. The van der Waals surface area contributed by atoms with Gasteiger partial charge in [0.05, 0.1) is 11.3 Å². The number of thiophene rings is 1. The molecule has 5 nitrogen and oxygen atoms in total. The second kappa shape index (κ2) is 8.40. The molecule has 126 valence electrons. The van der Waals surface area contributed by atoms with Crippen molar-refractivity contribution in [2.24, 2.45) is 0 Å². The molecule has 0 saturated carbocycles. The van der Waals surface area contributed by atoms with Gasteiger partial charge in [0, 0.05) is 12.1 Å². The Bertz CT molecular complexity index is 737. The predicted molar refractivity (Wildman–Crippen MR) is 93.4 cm³/mol. The number of rotatable bonds is 7. The number of Topliss-reactive ketones (excluding diaryl/α,β-unsaturated/α-hetero) is 1. The lowest BCUT2D eigenvalue weighted by Crippen LogP contribution is -2.21. The number of benzene rings is 1. The van der Waals surface area contributed by atoms with E-state index in [9.17, 15) is 14.4 Å². The second-order valence-corrected chi connectivity index (χ2v) is 6.30. The van der Waals surface area contributed by atoms with Crippen molar-refractivity contribution in [3.63, 3.8) is 0 Å². The number of ether oxygens (including phenoxy) is 1. The molecule has 0 fully saturated rings. The van der Waals surface area contributed by atoms with Crippen molar-refractivity contribution in [3.8, 4) is 0 Å². The highest BCUT2D eigenvalue weighted by Crippen LogP contribution is 2.17. The molecule has 0 saturated heterocycles. The van der Waals surface area contributed by atoms with Gasteiger partial charge in [0.15, 0.2) is 12.4 Å².